The van der Waals surface area contributed by atoms with Crippen molar-refractivity contribution in [2.45, 2.75) is 75.9 Å². The third-order valence-electron chi connectivity index (χ3n) is 6.84. The van der Waals surface area contributed by atoms with Gasteiger partial charge in [-0.25, -0.2) is 8.99 Å². The molecule has 1 heterocycles. The van der Waals surface area contributed by atoms with Crippen LogP contribution in [0.2, 0.25) is 0 Å². The molecule has 1 aromatic carbocycles. The van der Waals surface area contributed by atoms with Gasteiger partial charge >= 0.3 is 0 Å². The monoisotopic (exact) mass is 454 g/mol. The van der Waals surface area contributed by atoms with E-state index >= 15 is 0 Å². The molecule has 0 radical (unpaired) electrons. The quantitative estimate of drug-likeness (QED) is 0.605. The number of Topliss-reactive ketones (excluding diaryl/α,β-unsaturated/α-hetero) is 1. The van der Waals surface area contributed by atoms with E-state index in [-0.39, 0.29) is 23.2 Å². The lowest BCUT2D eigenvalue weighted by atomic mass is 9.84. The van der Waals surface area contributed by atoms with Crippen LogP contribution in [0.15, 0.2) is 27.9 Å². The Labute approximate surface area is 189 Å². The number of hydrogen-bond acceptors (Lipinski definition) is 6. The summed E-state index contributed by atoms with van der Waals surface area (Å²) in [5.41, 5.74) is 4.16. The summed E-state index contributed by atoms with van der Waals surface area (Å²) in [5.74, 6) is 0.154. The first-order chi connectivity index (χ1) is 15.0. The number of ketones is 1. The normalized spacial score (nSPS) is 18.6. The highest BCUT2D eigenvalue weighted by Gasteiger charge is 2.33. The van der Waals surface area contributed by atoms with Gasteiger partial charge in [0.1, 0.15) is 9.73 Å². The summed E-state index contributed by atoms with van der Waals surface area (Å²) >= 11 is 0. The molecular weight excluding hydrogens is 424 g/mol. The van der Waals surface area contributed by atoms with E-state index in [2.05, 4.69) is 13.0 Å². The van der Waals surface area contributed by atoms with Crippen molar-refractivity contribution in [3.8, 4) is 6.07 Å². The maximum absolute atomic E-state index is 13.1. The molecule has 6 nitrogen and oxygen atoms in total. The van der Waals surface area contributed by atoms with Crippen molar-refractivity contribution in [3.05, 3.63) is 51.8 Å². The van der Waals surface area contributed by atoms with Gasteiger partial charge in [-0.1, -0.05) is 6.92 Å². The summed E-state index contributed by atoms with van der Waals surface area (Å²) in [4.78, 5) is 13.1. The molecule has 0 unspecified atom stereocenters. The minimum absolute atomic E-state index is 0.0837. The fraction of sp³-hybridized carbons (Fsp3) is 0.520. The van der Waals surface area contributed by atoms with E-state index < -0.39 is 21.1 Å². The number of carbonyl (C=O) groups excluding carboxylic acids is 1. The van der Waals surface area contributed by atoms with E-state index in [4.69, 9.17) is 9.20 Å². The molecule has 2 aliphatic rings. The highest BCUT2D eigenvalue weighted by Crippen LogP contribution is 2.45. The van der Waals surface area contributed by atoms with E-state index in [0.717, 1.165) is 59.9 Å². The van der Waals surface area contributed by atoms with Gasteiger partial charge in [-0.05, 0) is 86.1 Å². The summed E-state index contributed by atoms with van der Waals surface area (Å²) in [6, 6.07) is 5.72. The molecule has 0 saturated heterocycles. The van der Waals surface area contributed by atoms with Gasteiger partial charge in [-0.2, -0.15) is 5.26 Å². The Morgan fingerprint density at radius 3 is 2.62 bits per heavy atom. The summed E-state index contributed by atoms with van der Waals surface area (Å²) in [6.07, 6.45) is 6.40. The molecule has 0 aliphatic heterocycles. The summed E-state index contributed by atoms with van der Waals surface area (Å²) < 4.78 is 26.6. The van der Waals surface area contributed by atoms with Gasteiger partial charge in [0, 0.05) is 18.1 Å². The number of nitrogens with zero attached hydrogens (tertiary/aromatic N) is 1. The van der Waals surface area contributed by atoms with Gasteiger partial charge < -0.3 is 9.52 Å². The van der Waals surface area contributed by atoms with E-state index in [9.17, 15) is 19.4 Å². The van der Waals surface area contributed by atoms with Crippen molar-refractivity contribution in [2.75, 3.05) is 5.75 Å². The number of aliphatic hydroxyl groups is 1. The van der Waals surface area contributed by atoms with Crippen molar-refractivity contribution in [2.24, 2.45) is 5.92 Å². The molecule has 2 N–H and O–H groups in total. The number of nitriles is 1. The van der Waals surface area contributed by atoms with Crippen LogP contribution in [-0.4, -0.2) is 20.9 Å². The van der Waals surface area contributed by atoms with Crippen LogP contribution < -0.4 is 0 Å². The van der Waals surface area contributed by atoms with Crippen LogP contribution in [0, 0.1) is 22.0 Å². The molecule has 7 heteroatoms. The summed E-state index contributed by atoms with van der Waals surface area (Å²) in [6.45, 7) is 5.32. The SMILES string of the molecule is C[C@H](c1cc(C#N)c2c(c1CC(=O)C[S@](=N)(=O)c1cc(C(C)(C)O)co1)CCC2)C1CC1. The Morgan fingerprint density at radius 2 is 2.03 bits per heavy atom. The van der Waals surface area contributed by atoms with Crippen LogP contribution >= 0.6 is 0 Å². The predicted octanol–water partition coefficient (Wildman–Crippen LogP) is 4.60. The largest absolute Gasteiger partial charge is 0.454 e. The van der Waals surface area contributed by atoms with Gasteiger partial charge in [-0.15, -0.1) is 0 Å². The Bertz CT molecular complexity index is 1210. The Balaban J connectivity index is 1.62. The molecule has 170 valence electrons. The van der Waals surface area contributed by atoms with Crippen LogP contribution in [0.4, 0.5) is 0 Å². The lowest BCUT2D eigenvalue weighted by Crippen LogP contribution is -2.19. The number of nitrogens with one attached hydrogen (secondary N) is 1. The van der Waals surface area contributed by atoms with E-state index in [1.807, 2.05) is 6.07 Å². The number of benzene rings is 1. The molecule has 0 amide bonds. The fourth-order valence-electron chi connectivity index (χ4n) is 4.80. The van der Waals surface area contributed by atoms with Crippen LogP contribution in [0.5, 0.6) is 0 Å². The average Bonchev–Trinajstić information content (AvgIpc) is 3.21. The first kappa shape index (κ1) is 22.8. The maximum Gasteiger partial charge on any atom is 0.199 e. The van der Waals surface area contributed by atoms with Crippen LogP contribution in [0.3, 0.4) is 0 Å². The Morgan fingerprint density at radius 1 is 1.34 bits per heavy atom. The molecule has 0 spiro atoms. The van der Waals surface area contributed by atoms with Crippen molar-refractivity contribution < 1.29 is 18.5 Å². The van der Waals surface area contributed by atoms with Crippen molar-refractivity contribution in [1.82, 2.24) is 0 Å². The lowest BCUT2D eigenvalue weighted by Gasteiger charge is -2.21. The second-order valence-electron chi connectivity index (χ2n) is 9.79. The van der Waals surface area contributed by atoms with Crippen molar-refractivity contribution >= 4 is 15.5 Å². The topological polar surface area (TPSA) is 115 Å². The fourth-order valence-corrected chi connectivity index (χ4v) is 6.02. The number of carbonyl (C=O) groups is 1. The molecule has 1 aromatic heterocycles. The third kappa shape index (κ3) is 4.39. The third-order valence-corrected chi connectivity index (χ3v) is 8.43. The van der Waals surface area contributed by atoms with Gasteiger partial charge in [0.2, 0.25) is 0 Å². The van der Waals surface area contributed by atoms with Crippen molar-refractivity contribution in [1.29, 1.82) is 10.0 Å². The minimum Gasteiger partial charge on any atom is -0.454 e. The first-order valence-electron chi connectivity index (χ1n) is 11.2. The van der Waals surface area contributed by atoms with Gasteiger partial charge in [-0.3, -0.25) is 4.79 Å². The zero-order valence-electron chi connectivity index (χ0n) is 18.9. The van der Waals surface area contributed by atoms with Gasteiger partial charge in [0.05, 0.1) is 29.2 Å². The van der Waals surface area contributed by atoms with E-state index in [0.29, 0.717) is 11.5 Å². The molecule has 2 aromatic rings. The molecule has 32 heavy (non-hydrogen) atoms. The molecule has 4 rings (SSSR count). The van der Waals surface area contributed by atoms with E-state index in [1.165, 1.54) is 12.3 Å². The highest BCUT2D eigenvalue weighted by molar-refractivity contribution is 7.93. The molecule has 2 aliphatic carbocycles. The Kier molecular flexibility index (Phi) is 5.81. The highest BCUT2D eigenvalue weighted by atomic mass is 32.2. The van der Waals surface area contributed by atoms with Crippen molar-refractivity contribution in [3.63, 3.8) is 0 Å². The van der Waals surface area contributed by atoms with E-state index in [1.54, 1.807) is 13.8 Å². The van der Waals surface area contributed by atoms with Gasteiger partial charge in [0.25, 0.3) is 0 Å². The second-order valence-corrected chi connectivity index (χ2v) is 11.8. The van der Waals surface area contributed by atoms with Crippen LogP contribution in [0.25, 0.3) is 0 Å². The zero-order valence-corrected chi connectivity index (χ0v) is 19.7. The smallest absolute Gasteiger partial charge is 0.199 e. The van der Waals surface area contributed by atoms with Gasteiger partial charge in [0.15, 0.2) is 10.9 Å². The van der Waals surface area contributed by atoms with Crippen LogP contribution in [-0.2, 0) is 39.4 Å². The maximum atomic E-state index is 13.1. The second kappa shape index (κ2) is 8.17. The summed E-state index contributed by atoms with van der Waals surface area (Å²) in [7, 11) is -3.46. The Hall–Kier alpha value is -2.43. The molecular formula is C25H30N2O4S. The molecule has 2 atom stereocenters. The minimum atomic E-state index is -3.46. The first-order valence-corrected chi connectivity index (χ1v) is 12.9. The predicted molar refractivity (Wildman–Crippen MR) is 121 cm³/mol. The number of hydrogen-bond donors (Lipinski definition) is 2. The lowest BCUT2D eigenvalue weighted by molar-refractivity contribution is -0.116. The van der Waals surface area contributed by atoms with Crippen LogP contribution in [0.1, 0.15) is 79.3 Å². The standard InChI is InChI=1S/C25H30N2O4S/c1-15(16-7-8-16)22-9-17(12-26)20-5-4-6-21(20)23(22)11-19(28)14-32(27,30)24-10-18(13-31-24)25(2,3)29/h9-10,13,15-16,27,29H,4-8,11,14H2,1-3H3/t15-,32-/m0/s1. The summed E-state index contributed by atoms with van der Waals surface area (Å²) in [5, 5.41) is 19.7. The molecule has 1 saturated carbocycles. The number of fused-ring (bicyclic) bond motifs is 1. The average molecular weight is 455 g/mol. The number of rotatable bonds is 8. The molecule has 1 fully saturated rings. The number of furan rings is 1. The zero-order chi connectivity index (χ0) is 23.3. The molecule has 0 bridgehead atoms.